The van der Waals surface area contributed by atoms with E-state index in [0.717, 1.165) is 41.0 Å². The summed E-state index contributed by atoms with van der Waals surface area (Å²) in [6.07, 6.45) is 0.762. The molecule has 0 aliphatic heterocycles. The second-order valence-electron chi connectivity index (χ2n) is 11.8. The number of allylic oxidation sites excluding steroid dienone is 1. The fourth-order valence-corrected chi connectivity index (χ4v) is 6.66. The summed E-state index contributed by atoms with van der Waals surface area (Å²) >= 11 is 0. The third-order valence-corrected chi connectivity index (χ3v) is 9.79. The molecule has 0 spiro atoms. The first-order valence-electron chi connectivity index (χ1n) is 15.7. The van der Waals surface area contributed by atoms with Crippen LogP contribution in [0.1, 0.15) is 21.5 Å². The molecule has 5 aromatic carbocycles. The second kappa shape index (κ2) is 14.8. The van der Waals surface area contributed by atoms with Crippen LogP contribution in [0, 0.1) is 17.0 Å². The Morgan fingerprint density at radius 3 is 1.89 bits per heavy atom. The highest BCUT2D eigenvalue weighted by Crippen LogP contribution is 2.41. The highest BCUT2D eigenvalue weighted by Gasteiger charge is 2.37. The molecule has 0 radical (unpaired) electrons. The van der Waals surface area contributed by atoms with E-state index >= 15 is 0 Å². The maximum Gasteiger partial charge on any atom is 0.296 e. The van der Waals surface area contributed by atoms with Crippen LogP contribution in [0.25, 0.3) is 17.2 Å². The van der Waals surface area contributed by atoms with E-state index in [4.69, 9.17) is 11.5 Å². The topological polar surface area (TPSA) is 295 Å². The van der Waals surface area contributed by atoms with Gasteiger partial charge in [-0.2, -0.15) is 37.3 Å². The standard InChI is InChI=1S/C35H27N9O9S2/c1-19-16-23(36)6-15-28(19)41-38-24-7-2-20(3-8-24)21-4-9-25(10-5-21)40-43-34-30(55(51,52)53)18-22-17-29(54(48,49)50)33(32(37)31(22)35(34)45)42-39-26-11-13-27(14-12-26)44(46)47/h2-18,40H,36-37H2,1H3,(H,48,49,50)(H,51,52,53). The summed E-state index contributed by atoms with van der Waals surface area (Å²) in [5.74, 6) is -1.15. The van der Waals surface area contributed by atoms with Gasteiger partial charge in [0.05, 0.1) is 38.9 Å². The molecule has 0 unspecified atom stereocenters. The van der Waals surface area contributed by atoms with E-state index in [1.807, 2.05) is 19.1 Å². The average Bonchev–Trinajstić information content (AvgIpc) is 3.13. The van der Waals surface area contributed by atoms with Crippen LogP contribution in [0.3, 0.4) is 0 Å². The monoisotopic (exact) mass is 781 g/mol. The summed E-state index contributed by atoms with van der Waals surface area (Å²) in [5.41, 5.74) is 16.1. The normalized spacial score (nSPS) is 14.0. The van der Waals surface area contributed by atoms with Gasteiger partial charge in [-0.25, -0.2) is 0 Å². The number of anilines is 3. The average molecular weight is 782 g/mol. The van der Waals surface area contributed by atoms with Gasteiger partial charge in [0.2, 0.25) is 5.78 Å². The number of fused-ring (bicyclic) bond motifs is 1. The lowest BCUT2D eigenvalue weighted by Gasteiger charge is -2.20. The van der Waals surface area contributed by atoms with Gasteiger partial charge in [-0.05, 0) is 95.9 Å². The van der Waals surface area contributed by atoms with Crippen molar-refractivity contribution in [2.75, 3.05) is 16.9 Å². The number of ketones is 1. The minimum atomic E-state index is -5.15. The number of carbonyl (C=O) groups excluding carboxylic acids is 1. The highest BCUT2D eigenvalue weighted by molar-refractivity contribution is 7.91. The van der Waals surface area contributed by atoms with Crippen LogP contribution < -0.4 is 16.9 Å². The molecular weight excluding hydrogens is 755 g/mol. The van der Waals surface area contributed by atoms with Crippen molar-refractivity contribution >= 4 is 83.3 Å². The molecule has 0 fully saturated rings. The number of nitrogens with two attached hydrogens (primary N) is 2. The smallest absolute Gasteiger partial charge is 0.296 e. The number of nitro groups is 1. The number of aryl methyl sites for hydroxylation is 1. The number of nitrogens with one attached hydrogen (secondary N) is 1. The maximum absolute atomic E-state index is 13.8. The Morgan fingerprint density at radius 2 is 1.33 bits per heavy atom. The van der Waals surface area contributed by atoms with E-state index in [1.165, 1.54) is 12.1 Å². The molecule has 1 aliphatic rings. The summed E-state index contributed by atoms with van der Waals surface area (Å²) in [5, 5.41) is 31.1. The summed E-state index contributed by atoms with van der Waals surface area (Å²) in [6, 6.07) is 24.6. The molecule has 55 heavy (non-hydrogen) atoms. The molecule has 5 aromatic rings. The molecule has 0 heterocycles. The molecular formula is C35H27N9O9S2. The Labute approximate surface area is 312 Å². The van der Waals surface area contributed by atoms with Crippen molar-refractivity contribution in [1.82, 2.24) is 0 Å². The Morgan fingerprint density at radius 1 is 0.745 bits per heavy atom. The Balaban J connectivity index is 1.28. The lowest BCUT2D eigenvalue weighted by Crippen LogP contribution is -2.28. The third-order valence-electron chi connectivity index (χ3n) is 8.05. The lowest BCUT2D eigenvalue weighted by molar-refractivity contribution is -0.384. The maximum atomic E-state index is 13.8. The molecule has 6 rings (SSSR count). The number of hydrogen-bond donors (Lipinski definition) is 5. The fraction of sp³-hybridized carbons (Fsp3) is 0.0286. The Kier molecular flexibility index (Phi) is 10.2. The van der Waals surface area contributed by atoms with Gasteiger partial charge in [0.1, 0.15) is 15.5 Å². The van der Waals surface area contributed by atoms with Crippen LogP contribution in [0.5, 0.6) is 0 Å². The first-order chi connectivity index (χ1) is 26.0. The molecule has 1 aliphatic carbocycles. The zero-order valence-corrected chi connectivity index (χ0v) is 29.9. The first-order valence-corrected chi connectivity index (χ1v) is 18.5. The van der Waals surface area contributed by atoms with Gasteiger partial charge < -0.3 is 11.5 Å². The quantitative estimate of drug-likeness (QED) is 0.0299. The number of carbonyl (C=O) groups is 1. The Bertz CT molecular complexity index is 2730. The zero-order chi connectivity index (χ0) is 39.7. The van der Waals surface area contributed by atoms with Crippen LogP contribution >= 0.6 is 0 Å². The van der Waals surface area contributed by atoms with Crippen molar-refractivity contribution in [2.24, 2.45) is 25.6 Å². The van der Waals surface area contributed by atoms with Crippen molar-refractivity contribution in [3.8, 4) is 11.1 Å². The van der Waals surface area contributed by atoms with Gasteiger partial charge in [-0.15, -0.1) is 5.11 Å². The number of hydrazone groups is 1. The van der Waals surface area contributed by atoms with Gasteiger partial charge >= 0.3 is 0 Å². The number of hydrogen-bond acceptors (Lipinski definition) is 15. The highest BCUT2D eigenvalue weighted by atomic mass is 32.2. The number of benzene rings is 5. The molecule has 0 amide bonds. The summed E-state index contributed by atoms with van der Waals surface area (Å²) in [6.45, 7) is 1.88. The van der Waals surface area contributed by atoms with E-state index in [9.17, 15) is 40.8 Å². The molecule has 278 valence electrons. The summed E-state index contributed by atoms with van der Waals surface area (Å²) in [7, 11) is -10.3. The first kappa shape index (κ1) is 37.7. The second-order valence-corrected chi connectivity index (χ2v) is 14.6. The molecule has 7 N–H and O–H groups in total. The van der Waals surface area contributed by atoms with Crippen molar-refractivity contribution in [2.45, 2.75) is 11.8 Å². The van der Waals surface area contributed by atoms with Crippen LogP contribution in [0.15, 0.2) is 132 Å². The molecule has 0 atom stereocenters. The number of nitrogen functional groups attached to an aromatic ring is 2. The van der Waals surface area contributed by atoms with Crippen molar-refractivity contribution in [1.29, 1.82) is 0 Å². The van der Waals surface area contributed by atoms with Gasteiger partial charge in [-0.1, -0.05) is 24.3 Å². The lowest BCUT2D eigenvalue weighted by atomic mass is 9.92. The van der Waals surface area contributed by atoms with E-state index in [0.29, 0.717) is 22.7 Å². The minimum absolute atomic E-state index is 0.0188. The van der Waals surface area contributed by atoms with E-state index in [-0.39, 0.29) is 11.4 Å². The molecule has 0 saturated carbocycles. The Hall–Kier alpha value is -7.00. The molecule has 18 nitrogen and oxygen atoms in total. The third kappa shape index (κ3) is 8.31. The van der Waals surface area contributed by atoms with Gasteiger partial charge in [0.15, 0.2) is 5.71 Å². The van der Waals surface area contributed by atoms with E-state index < -0.39 is 69.0 Å². The predicted molar refractivity (Wildman–Crippen MR) is 205 cm³/mol. The number of Topliss-reactive ketones (excluding diaryl/α,β-unsaturated/α-hetero) is 1. The zero-order valence-electron chi connectivity index (χ0n) is 28.2. The molecule has 20 heteroatoms. The van der Waals surface area contributed by atoms with E-state index in [1.54, 1.807) is 54.6 Å². The number of azo groups is 2. The van der Waals surface area contributed by atoms with Gasteiger partial charge in [-0.3, -0.25) is 29.4 Å². The molecule has 0 bridgehead atoms. The van der Waals surface area contributed by atoms with Gasteiger partial charge in [0, 0.05) is 17.8 Å². The van der Waals surface area contributed by atoms with Crippen LogP contribution in [0.2, 0.25) is 0 Å². The largest absolute Gasteiger partial charge is 0.399 e. The van der Waals surface area contributed by atoms with Crippen LogP contribution in [-0.4, -0.2) is 42.4 Å². The molecule has 0 aromatic heterocycles. The van der Waals surface area contributed by atoms with Gasteiger partial charge in [0.25, 0.3) is 25.9 Å². The van der Waals surface area contributed by atoms with Crippen molar-refractivity contribution < 1.29 is 35.7 Å². The van der Waals surface area contributed by atoms with Crippen LogP contribution in [0.4, 0.5) is 45.5 Å². The van der Waals surface area contributed by atoms with E-state index in [2.05, 4.69) is 31.0 Å². The number of non-ortho nitro benzene ring substituents is 1. The number of nitrogens with zero attached hydrogens (tertiary/aromatic N) is 6. The minimum Gasteiger partial charge on any atom is -0.399 e. The predicted octanol–water partition coefficient (Wildman–Crippen LogP) is 7.71. The van der Waals surface area contributed by atoms with Crippen molar-refractivity contribution in [3.63, 3.8) is 0 Å². The SMILES string of the molecule is Cc1cc(N)ccc1N=Nc1ccc(-c2ccc(NN=C3C(=O)c4c(cc(S(=O)(=O)O)c(N=Nc5ccc([N+](=O)[O-])cc5)c4N)C=C3S(=O)(=O)O)cc2)cc1. The number of nitro benzene ring substituents is 1. The number of rotatable bonds is 10. The van der Waals surface area contributed by atoms with Crippen molar-refractivity contribution in [3.05, 3.63) is 129 Å². The molecule has 0 saturated heterocycles. The summed E-state index contributed by atoms with van der Waals surface area (Å²) < 4.78 is 69.5. The fourth-order valence-electron chi connectivity index (χ4n) is 5.33. The van der Waals surface area contributed by atoms with Crippen LogP contribution in [-0.2, 0) is 20.2 Å². The summed E-state index contributed by atoms with van der Waals surface area (Å²) in [4.78, 5) is 22.2.